The minimum atomic E-state index is -0.245. The summed E-state index contributed by atoms with van der Waals surface area (Å²) in [5.41, 5.74) is 1.81. The van der Waals surface area contributed by atoms with Crippen molar-refractivity contribution in [1.82, 2.24) is 9.97 Å². The van der Waals surface area contributed by atoms with E-state index in [9.17, 15) is 9.90 Å². The van der Waals surface area contributed by atoms with Crippen LogP contribution in [-0.4, -0.2) is 15.1 Å². The van der Waals surface area contributed by atoms with Crippen LogP contribution in [0.5, 0.6) is 5.75 Å². The molecule has 0 radical (unpaired) electrons. The first kappa shape index (κ1) is 13.3. The van der Waals surface area contributed by atoms with Crippen molar-refractivity contribution in [2.75, 3.05) is 0 Å². The molecule has 2 rings (SSSR count). The van der Waals surface area contributed by atoms with Gasteiger partial charge >= 0.3 is 0 Å². The smallest absolute Gasteiger partial charge is 0.251 e. The summed E-state index contributed by atoms with van der Waals surface area (Å²) >= 11 is 0. The van der Waals surface area contributed by atoms with E-state index >= 15 is 0 Å². The molecule has 0 aromatic carbocycles. The Morgan fingerprint density at radius 2 is 2.00 bits per heavy atom. The Morgan fingerprint density at radius 1 is 1.16 bits per heavy atom. The van der Waals surface area contributed by atoms with Crippen molar-refractivity contribution >= 4 is 0 Å². The quantitative estimate of drug-likeness (QED) is 0.782. The lowest BCUT2D eigenvalue weighted by molar-refractivity contribution is 0.472. The Morgan fingerprint density at radius 3 is 2.74 bits per heavy atom. The maximum absolute atomic E-state index is 11.2. The van der Waals surface area contributed by atoms with Crippen molar-refractivity contribution in [2.45, 2.75) is 32.1 Å². The summed E-state index contributed by atoms with van der Waals surface area (Å²) in [6.45, 7) is 0. The Balaban J connectivity index is 1.71. The molecule has 0 atom stereocenters. The molecule has 0 spiro atoms. The summed E-state index contributed by atoms with van der Waals surface area (Å²) in [6, 6.07) is 6.83. The molecule has 0 unspecified atom stereocenters. The Labute approximate surface area is 112 Å². The zero-order valence-corrected chi connectivity index (χ0v) is 10.8. The van der Waals surface area contributed by atoms with Gasteiger partial charge in [-0.15, -0.1) is 0 Å². The van der Waals surface area contributed by atoms with Gasteiger partial charge in [0.1, 0.15) is 5.75 Å². The molecule has 0 saturated heterocycles. The monoisotopic (exact) mass is 258 g/mol. The lowest BCUT2D eigenvalue weighted by Gasteiger charge is -2.03. The lowest BCUT2D eigenvalue weighted by atomic mass is 10.1. The van der Waals surface area contributed by atoms with E-state index in [1.54, 1.807) is 12.3 Å². The third-order valence-corrected chi connectivity index (χ3v) is 3.02. The molecule has 2 N–H and O–H groups in total. The molecule has 19 heavy (non-hydrogen) atoms. The first-order chi connectivity index (χ1) is 9.24. The van der Waals surface area contributed by atoms with Crippen LogP contribution in [-0.2, 0) is 12.8 Å². The van der Waals surface area contributed by atoms with Gasteiger partial charge in [-0.1, -0.05) is 12.5 Å². The number of hydrogen-bond acceptors (Lipinski definition) is 3. The van der Waals surface area contributed by atoms with Crippen LogP contribution in [0.1, 0.15) is 30.5 Å². The van der Waals surface area contributed by atoms with Gasteiger partial charge in [-0.3, -0.25) is 9.78 Å². The number of aromatic amines is 1. The Bertz CT molecular complexity index is 564. The summed E-state index contributed by atoms with van der Waals surface area (Å²) in [5, 5.41) is 9.32. The average molecular weight is 258 g/mol. The second-order valence-electron chi connectivity index (χ2n) is 4.65. The van der Waals surface area contributed by atoms with Crippen LogP contribution < -0.4 is 5.56 Å². The van der Waals surface area contributed by atoms with Crippen molar-refractivity contribution < 1.29 is 5.11 Å². The normalized spacial score (nSPS) is 10.5. The average Bonchev–Trinajstić information content (AvgIpc) is 2.38. The standard InChI is InChI=1S/C15H18N2O2/c18-14-9-13(17-15(19)10-14)7-3-1-2-5-12-6-4-8-16-11-12/h4,6,8-11H,1-3,5,7H2,(H2,17,18,19). The molecule has 0 bridgehead atoms. The second-order valence-corrected chi connectivity index (χ2v) is 4.65. The fourth-order valence-corrected chi connectivity index (χ4v) is 2.09. The van der Waals surface area contributed by atoms with Gasteiger partial charge in [-0.05, 0) is 43.4 Å². The number of hydrogen-bond donors (Lipinski definition) is 2. The lowest BCUT2D eigenvalue weighted by Crippen LogP contribution is -2.06. The number of aromatic nitrogens is 2. The van der Waals surface area contributed by atoms with Gasteiger partial charge in [0.2, 0.25) is 0 Å². The predicted octanol–water partition coefficient (Wildman–Crippen LogP) is 2.43. The molecule has 2 aromatic rings. The molecular formula is C15H18N2O2. The fraction of sp³-hybridized carbons (Fsp3) is 0.333. The van der Waals surface area contributed by atoms with E-state index in [2.05, 4.69) is 16.0 Å². The van der Waals surface area contributed by atoms with E-state index in [0.29, 0.717) is 0 Å². The van der Waals surface area contributed by atoms with Gasteiger partial charge in [0.05, 0.1) is 0 Å². The zero-order valence-electron chi connectivity index (χ0n) is 10.8. The van der Waals surface area contributed by atoms with Crippen LogP contribution in [0.2, 0.25) is 0 Å². The summed E-state index contributed by atoms with van der Waals surface area (Å²) in [7, 11) is 0. The molecule has 4 nitrogen and oxygen atoms in total. The Kier molecular flexibility index (Phi) is 4.72. The number of aromatic hydroxyl groups is 1. The molecule has 0 aliphatic carbocycles. The molecular weight excluding hydrogens is 240 g/mol. The highest BCUT2D eigenvalue weighted by Gasteiger charge is 1.99. The molecule has 0 saturated carbocycles. The number of aryl methyl sites for hydroxylation is 2. The largest absolute Gasteiger partial charge is 0.508 e. The second kappa shape index (κ2) is 6.73. The van der Waals surface area contributed by atoms with E-state index in [1.165, 1.54) is 11.6 Å². The summed E-state index contributed by atoms with van der Waals surface area (Å²) in [4.78, 5) is 18.0. The van der Waals surface area contributed by atoms with Crippen molar-refractivity contribution in [3.8, 4) is 5.75 Å². The molecule has 2 heterocycles. The predicted molar refractivity (Wildman–Crippen MR) is 74.2 cm³/mol. The minimum Gasteiger partial charge on any atom is -0.508 e. The first-order valence-electron chi connectivity index (χ1n) is 6.55. The number of H-pyrrole nitrogens is 1. The van der Waals surface area contributed by atoms with Gasteiger partial charge in [-0.2, -0.15) is 0 Å². The number of nitrogens with one attached hydrogen (secondary N) is 1. The van der Waals surface area contributed by atoms with Crippen molar-refractivity contribution in [3.63, 3.8) is 0 Å². The number of pyridine rings is 2. The SMILES string of the molecule is O=c1cc(O)cc(CCCCCc2cccnc2)[nH]1. The van der Waals surface area contributed by atoms with Crippen LogP contribution in [0.4, 0.5) is 0 Å². The molecule has 0 fully saturated rings. The molecule has 0 aliphatic rings. The van der Waals surface area contributed by atoms with E-state index < -0.39 is 0 Å². The van der Waals surface area contributed by atoms with Crippen molar-refractivity contribution in [1.29, 1.82) is 0 Å². The first-order valence-corrected chi connectivity index (χ1v) is 6.55. The van der Waals surface area contributed by atoms with Crippen LogP contribution in [0.3, 0.4) is 0 Å². The van der Waals surface area contributed by atoms with Crippen LogP contribution in [0.25, 0.3) is 0 Å². The van der Waals surface area contributed by atoms with Gasteiger partial charge in [0.15, 0.2) is 0 Å². The van der Waals surface area contributed by atoms with Crippen LogP contribution in [0, 0.1) is 0 Å². The fourth-order valence-electron chi connectivity index (χ4n) is 2.09. The van der Waals surface area contributed by atoms with Crippen molar-refractivity contribution in [3.05, 3.63) is 58.3 Å². The molecule has 0 amide bonds. The van der Waals surface area contributed by atoms with Crippen LogP contribution >= 0.6 is 0 Å². The molecule has 2 aromatic heterocycles. The van der Waals surface area contributed by atoms with E-state index in [1.807, 2.05) is 12.3 Å². The highest BCUT2D eigenvalue weighted by molar-refractivity contribution is 5.20. The molecule has 100 valence electrons. The zero-order chi connectivity index (χ0) is 13.5. The highest BCUT2D eigenvalue weighted by atomic mass is 16.3. The molecule has 0 aliphatic heterocycles. The topological polar surface area (TPSA) is 66.0 Å². The maximum atomic E-state index is 11.2. The highest BCUT2D eigenvalue weighted by Crippen LogP contribution is 2.10. The third-order valence-electron chi connectivity index (χ3n) is 3.02. The minimum absolute atomic E-state index is 0.0362. The van der Waals surface area contributed by atoms with Gasteiger partial charge in [0, 0.05) is 24.2 Å². The van der Waals surface area contributed by atoms with E-state index in [0.717, 1.165) is 37.8 Å². The van der Waals surface area contributed by atoms with Gasteiger partial charge in [-0.25, -0.2) is 0 Å². The van der Waals surface area contributed by atoms with Crippen molar-refractivity contribution in [2.24, 2.45) is 0 Å². The van der Waals surface area contributed by atoms with E-state index in [-0.39, 0.29) is 11.3 Å². The maximum Gasteiger partial charge on any atom is 0.251 e. The number of nitrogens with zero attached hydrogens (tertiary/aromatic N) is 1. The van der Waals surface area contributed by atoms with Gasteiger partial charge in [0.25, 0.3) is 5.56 Å². The third kappa shape index (κ3) is 4.58. The summed E-state index contributed by atoms with van der Waals surface area (Å²) in [5.74, 6) is 0.0362. The summed E-state index contributed by atoms with van der Waals surface area (Å²) < 4.78 is 0. The Hall–Kier alpha value is -2.10. The van der Waals surface area contributed by atoms with Crippen LogP contribution in [0.15, 0.2) is 41.5 Å². The number of rotatable bonds is 6. The molecule has 4 heteroatoms. The van der Waals surface area contributed by atoms with Gasteiger partial charge < -0.3 is 10.1 Å². The number of unbranched alkanes of at least 4 members (excludes halogenated alkanes) is 2. The summed E-state index contributed by atoms with van der Waals surface area (Å²) in [6.07, 6.45) is 8.69. The van der Waals surface area contributed by atoms with E-state index in [4.69, 9.17) is 0 Å².